The second kappa shape index (κ2) is 15.0. The maximum Gasteiger partial charge on any atom is 0.287 e. The van der Waals surface area contributed by atoms with Crippen LogP contribution in [0.4, 0.5) is 0 Å². The van der Waals surface area contributed by atoms with Crippen LogP contribution in [0.25, 0.3) is 0 Å². The van der Waals surface area contributed by atoms with Crippen molar-refractivity contribution in [3.63, 3.8) is 0 Å². The molecule has 3 unspecified atom stereocenters. The Balaban J connectivity index is 1.62. The predicted octanol–water partition coefficient (Wildman–Crippen LogP) is -0.00810. The van der Waals surface area contributed by atoms with Crippen LogP contribution in [-0.4, -0.2) is 81.4 Å². The van der Waals surface area contributed by atoms with Crippen LogP contribution < -0.4 is 21.7 Å². The van der Waals surface area contributed by atoms with Crippen LogP contribution in [0.1, 0.15) is 81.6 Å². The zero-order valence-corrected chi connectivity index (χ0v) is 22.9. The number of nitrogens with zero attached hydrogens (tertiary/aromatic N) is 3. The van der Waals surface area contributed by atoms with Crippen molar-refractivity contribution in [2.24, 2.45) is 11.7 Å². The average molecular weight is 558 g/mol. The quantitative estimate of drug-likeness (QED) is 0.243. The van der Waals surface area contributed by atoms with Gasteiger partial charge in [0.1, 0.15) is 17.8 Å². The molecule has 1 aliphatic carbocycles. The van der Waals surface area contributed by atoms with Gasteiger partial charge in [0.25, 0.3) is 11.8 Å². The van der Waals surface area contributed by atoms with Crippen molar-refractivity contribution in [2.45, 2.75) is 89.3 Å². The number of hydrogen-bond acceptors (Lipinski definition) is 8. The summed E-state index contributed by atoms with van der Waals surface area (Å²) in [6, 6.07) is -2.73. The zero-order chi connectivity index (χ0) is 29.1. The first kappa shape index (κ1) is 30.6. The minimum atomic E-state index is -1.12. The van der Waals surface area contributed by atoms with Crippen molar-refractivity contribution in [3.8, 4) is 0 Å². The fourth-order valence-electron chi connectivity index (χ4n) is 5.33. The van der Waals surface area contributed by atoms with Gasteiger partial charge in [0.05, 0.1) is 18.8 Å². The molecule has 218 valence electrons. The third kappa shape index (κ3) is 8.30. The van der Waals surface area contributed by atoms with Gasteiger partial charge in [-0.15, -0.1) is 0 Å². The summed E-state index contributed by atoms with van der Waals surface area (Å²) in [5.74, 6) is -4.08. The Morgan fingerprint density at radius 3 is 2.42 bits per heavy atom. The van der Waals surface area contributed by atoms with Gasteiger partial charge in [-0.25, -0.2) is 4.98 Å². The van der Waals surface area contributed by atoms with Crippen molar-refractivity contribution in [1.82, 2.24) is 30.8 Å². The number of carbonyl (C=O) groups excluding carboxylic acids is 6. The Morgan fingerprint density at radius 1 is 1.02 bits per heavy atom. The second-order valence-corrected chi connectivity index (χ2v) is 10.3. The maximum absolute atomic E-state index is 13.2. The fraction of sp³-hybridized carbons (Fsp3) is 0.630. The molecule has 5 N–H and O–H groups in total. The third-order valence-corrected chi connectivity index (χ3v) is 7.50. The number of unbranched alkanes of at least 4 members (excludes halogenated alkanes) is 1. The number of Topliss-reactive ketones (excluding diaryl/α,β-unsaturated/α-hetero) is 1. The van der Waals surface area contributed by atoms with Gasteiger partial charge in [-0.3, -0.25) is 33.8 Å². The van der Waals surface area contributed by atoms with E-state index < -0.39 is 53.4 Å². The number of primary amides is 1. The normalized spacial score (nSPS) is 18.8. The Kier molecular flexibility index (Phi) is 11.5. The molecular formula is C27H39N7O6. The largest absolute Gasteiger partial charge is 0.363 e. The summed E-state index contributed by atoms with van der Waals surface area (Å²) in [7, 11) is 0. The monoisotopic (exact) mass is 557 g/mol. The number of likely N-dealkylation sites (tertiary alicyclic amines) is 1. The van der Waals surface area contributed by atoms with E-state index in [4.69, 9.17) is 5.73 Å². The van der Waals surface area contributed by atoms with E-state index in [1.54, 1.807) is 0 Å². The van der Waals surface area contributed by atoms with Crippen LogP contribution in [0.3, 0.4) is 0 Å². The average Bonchev–Trinajstić information content (AvgIpc) is 3.47. The Hall–Kier alpha value is -3.90. The lowest BCUT2D eigenvalue weighted by Gasteiger charge is -2.30. The van der Waals surface area contributed by atoms with Crippen LogP contribution in [0.15, 0.2) is 18.6 Å². The molecule has 40 heavy (non-hydrogen) atoms. The van der Waals surface area contributed by atoms with Crippen LogP contribution in [-0.2, 0) is 24.0 Å². The molecule has 1 saturated heterocycles. The highest BCUT2D eigenvalue weighted by Crippen LogP contribution is 2.27. The molecule has 2 aliphatic rings. The van der Waals surface area contributed by atoms with Gasteiger partial charge in [0.15, 0.2) is 0 Å². The number of hydrogen-bond donors (Lipinski definition) is 4. The van der Waals surface area contributed by atoms with Crippen molar-refractivity contribution >= 4 is 35.3 Å². The Labute approximate surface area is 233 Å². The van der Waals surface area contributed by atoms with E-state index in [0.717, 1.165) is 38.5 Å². The smallest absolute Gasteiger partial charge is 0.287 e. The maximum atomic E-state index is 13.2. The summed E-state index contributed by atoms with van der Waals surface area (Å²) < 4.78 is 0. The first-order valence-electron chi connectivity index (χ1n) is 14.0. The molecule has 13 nitrogen and oxygen atoms in total. The number of ketones is 1. The standard InChI is InChI=1S/C27H39N7O6/c1-2-3-10-18(23(36)24(28)37)32-26(39)20-11-7-14-34(20)21(35)16-31-27(40)22(17-8-5-4-6-9-17)33-25(38)19-15-29-12-13-30-19/h12-13,15,17-18,20,22H,2-11,14,16H2,1H3,(H2,28,37)(H,31,40)(H,32,39)(H,33,38). The van der Waals surface area contributed by atoms with Crippen LogP contribution >= 0.6 is 0 Å². The first-order chi connectivity index (χ1) is 19.2. The molecule has 3 rings (SSSR count). The van der Waals surface area contributed by atoms with Gasteiger partial charge in [0, 0.05) is 18.9 Å². The molecule has 5 amide bonds. The lowest BCUT2D eigenvalue weighted by molar-refractivity contribution is -0.141. The number of amides is 5. The van der Waals surface area contributed by atoms with E-state index in [1.807, 2.05) is 6.92 Å². The molecule has 2 heterocycles. The van der Waals surface area contributed by atoms with E-state index in [1.165, 1.54) is 23.5 Å². The molecule has 3 atom stereocenters. The predicted molar refractivity (Wildman–Crippen MR) is 143 cm³/mol. The third-order valence-electron chi connectivity index (χ3n) is 7.50. The van der Waals surface area contributed by atoms with Gasteiger partial charge in [-0.05, 0) is 38.0 Å². The fourth-order valence-corrected chi connectivity index (χ4v) is 5.33. The molecular weight excluding hydrogens is 518 g/mol. The van der Waals surface area contributed by atoms with Crippen molar-refractivity contribution in [2.75, 3.05) is 13.1 Å². The Bertz CT molecular complexity index is 1080. The van der Waals surface area contributed by atoms with Gasteiger partial charge in [0.2, 0.25) is 23.5 Å². The summed E-state index contributed by atoms with van der Waals surface area (Å²) in [6.07, 6.45) is 11.2. The minimum Gasteiger partial charge on any atom is -0.363 e. The molecule has 1 saturated carbocycles. The number of carbonyl (C=O) groups is 6. The highest BCUT2D eigenvalue weighted by Gasteiger charge is 2.37. The Morgan fingerprint density at radius 2 is 1.77 bits per heavy atom. The van der Waals surface area contributed by atoms with E-state index in [9.17, 15) is 28.8 Å². The highest BCUT2D eigenvalue weighted by atomic mass is 16.2. The zero-order valence-electron chi connectivity index (χ0n) is 22.9. The van der Waals surface area contributed by atoms with Crippen molar-refractivity contribution < 1.29 is 28.8 Å². The van der Waals surface area contributed by atoms with Gasteiger partial charge >= 0.3 is 0 Å². The molecule has 1 aliphatic heterocycles. The lowest BCUT2D eigenvalue weighted by atomic mass is 9.83. The summed E-state index contributed by atoms with van der Waals surface area (Å²) in [5, 5.41) is 8.01. The number of aromatic nitrogens is 2. The van der Waals surface area contributed by atoms with Crippen molar-refractivity contribution in [1.29, 1.82) is 0 Å². The second-order valence-electron chi connectivity index (χ2n) is 10.3. The number of rotatable bonds is 13. The van der Waals surface area contributed by atoms with Crippen LogP contribution in [0.5, 0.6) is 0 Å². The summed E-state index contributed by atoms with van der Waals surface area (Å²) in [5.41, 5.74) is 5.23. The highest BCUT2D eigenvalue weighted by molar-refractivity contribution is 6.37. The van der Waals surface area contributed by atoms with E-state index in [-0.39, 0.29) is 24.6 Å². The van der Waals surface area contributed by atoms with Crippen molar-refractivity contribution in [3.05, 3.63) is 24.3 Å². The molecule has 0 aromatic carbocycles. The summed E-state index contributed by atoms with van der Waals surface area (Å²) >= 11 is 0. The van der Waals surface area contributed by atoms with Gasteiger partial charge in [-0.1, -0.05) is 39.0 Å². The molecule has 0 radical (unpaired) electrons. The molecule has 0 spiro atoms. The topological polar surface area (TPSA) is 194 Å². The van der Waals surface area contributed by atoms with E-state index in [2.05, 4.69) is 25.9 Å². The lowest BCUT2D eigenvalue weighted by Crippen LogP contribution is -2.55. The van der Waals surface area contributed by atoms with Crippen LogP contribution in [0.2, 0.25) is 0 Å². The van der Waals surface area contributed by atoms with Gasteiger partial charge in [-0.2, -0.15) is 0 Å². The SMILES string of the molecule is CCCCC(NC(=O)C1CCCN1C(=O)CNC(=O)C(NC(=O)c1cnccn1)C1CCCCC1)C(=O)C(N)=O. The van der Waals surface area contributed by atoms with Crippen LogP contribution in [0, 0.1) is 5.92 Å². The minimum absolute atomic E-state index is 0.0855. The van der Waals surface area contributed by atoms with Gasteiger partial charge < -0.3 is 26.6 Å². The molecule has 0 bridgehead atoms. The summed E-state index contributed by atoms with van der Waals surface area (Å²) in [6.45, 7) is 1.87. The number of nitrogens with two attached hydrogens (primary N) is 1. The molecule has 1 aromatic heterocycles. The molecule has 13 heteroatoms. The molecule has 1 aromatic rings. The molecule has 2 fully saturated rings. The van der Waals surface area contributed by atoms with E-state index in [0.29, 0.717) is 25.8 Å². The number of nitrogens with one attached hydrogen (secondary N) is 3. The summed E-state index contributed by atoms with van der Waals surface area (Å²) in [4.78, 5) is 85.0. The first-order valence-corrected chi connectivity index (χ1v) is 14.0. The van der Waals surface area contributed by atoms with E-state index >= 15 is 0 Å².